The van der Waals surface area contributed by atoms with Crippen molar-refractivity contribution in [2.45, 2.75) is 63.7 Å². The number of rotatable bonds is 4. The van der Waals surface area contributed by atoms with Crippen LogP contribution in [-0.2, 0) is 9.53 Å². The molecule has 2 bridgehead atoms. The van der Waals surface area contributed by atoms with Crippen LogP contribution in [0.3, 0.4) is 0 Å². The second-order valence-corrected chi connectivity index (χ2v) is 6.58. The molecule has 0 unspecified atom stereocenters. The maximum Gasteiger partial charge on any atom is 0.320 e. The first-order chi connectivity index (χ1) is 7.16. The van der Waals surface area contributed by atoms with Crippen LogP contribution in [0, 0.1) is 5.41 Å². The summed E-state index contributed by atoms with van der Waals surface area (Å²) in [5.74, 6) is -0.893. The molecule has 0 heterocycles. The van der Waals surface area contributed by atoms with E-state index in [-0.39, 0.29) is 16.6 Å². The second kappa shape index (κ2) is 3.20. The molecule has 0 aliphatic heterocycles. The van der Waals surface area contributed by atoms with Gasteiger partial charge in [0.2, 0.25) is 0 Å². The standard InChI is InChI=1S/C12H21NO3/c1-10(2,3)16-12-5-11(6-12,7-12)4-8(13)9(14)15/h8H,4-7,13H2,1-3H3,(H,14,15)/t8-,11?,12?/m0/s1. The van der Waals surface area contributed by atoms with E-state index < -0.39 is 12.0 Å². The van der Waals surface area contributed by atoms with E-state index in [0.717, 1.165) is 19.3 Å². The summed E-state index contributed by atoms with van der Waals surface area (Å²) in [5, 5.41) is 8.78. The molecule has 0 aromatic carbocycles. The van der Waals surface area contributed by atoms with Gasteiger partial charge < -0.3 is 15.6 Å². The molecule has 0 aromatic heterocycles. The van der Waals surface area contributed by atoms with E-state index in [4.69, 9.17) is 15.6 Å². The highest BCUT2D eigenvalue weighted by Gasteiger charge is 2.69. The zero-order valence-electron chi connectivity index (χ0n) is 10.2. The number of aliphatic carboxylic acids is 1. The van der Waals surface area contributed by atoms with Gasteiger partial charge in [0.05, 0.1) is 11.2 Å². The molecule has 0 radical (unpaired) electrons. The van der Waals surface area contributed by atoms with Crippen molar-refractivity contribution in [2.75, 3.05) is 0 Å². The summed E-state index contributed by atoms with van der Waals surface area (Å²) in [5.41, 5.74) is 5.66. The van der Waals surface area contributed by atoms with Gasteiger partial charge in [-0.05, 0) is 51.9 Å². The summed E-state index contributed by atoms with van der Waals surface area (Å²) in [6.45, 7) is 6.18. The van der Waals surface area contributed by atoms with Crippen LogP contribution in [0.1, 0.15) is 46.5 Å². The molecule has 4 nitrogen and oxygen atoms in total. The predicted molar refractivity (Wildman–Crippen MR) is 60.1 cm³/mol. The summed E-state index contributed by atoms with van der Waals surface area (Å²) >= 11 is 0. The Morgan fingerprint density at radius 3 is 2.31 bits per heavy atom. The van der Waals surface area contributed by atoms with Gasteiger partial charge in [-0.1, -0.05) is 0 Å². The molecule has 3 aliphatic carbocycles. The lowest BCUT2D eigenvalue weighted by atomic mass is 9.39. The smallest absolute Gasteiger partial charge is 0.320 e. The summed E-state index contributed by atoms with van der Waals surface area (Å²) in [6, 6.07) is -0.715. The summed E-state index contributed by atoms with van der Waals surface area (Å²) in [6.07, 6.45) is 3.55. The van der Waals surface area contributed by atoms with Crippen molar-refractivity contribution < 1.29 is 14.6 Å². The van der Waals surface area contributed by atoms with Crippen LogP contribution >= 0.6 is 0 Å². The van der Waals surface area contributed by atoms with Crippen LogP contribution in [0.15, 0.2) is 0 Å². The van der Waals surface area contributed by atoms with Gasteiger partial charge in [0.15, 0.2) is 0 Å². The van der Waals surface area contributed by atoms with Crippen molar-refractivity contribution in [1.82, 2.24) is 0 Å². The lowest BCUT2D eigenvalue weighted by Crippen LogP contribution is -2.71. The molecule has 3 fully saturated rings. The minimum absolute atomic E-state index is 0.0382. The molecular formula is C12H21NO3. The maximum absolute atomic E-state index is 10.7. The van der Waals surface area contributed by atoms with E-state index in [0.29, 0.717) is 6.42 Å². The number of nitrogens with two attached hydrogens (primary N) is 1. The fourth-order valence-corrected chi connectivity index (χ4v) is 3.42. The minimum Gasteiger partial charge on any atom is -0.480 e. The first kappa shape index (κ1) is 11.9. The van der Waals surface area contributed by atoms with Crippen LogP contribution in [-0.4, -0.2) is 28.3 Å². The monoisotopic (exact) mass is 227 g/mol. The molecule has 0 amide bonds. The van der Waals surface area contributed by atoms with Crippen LogP contribution < -0.4 is 5.73 Å². The lowest BCUT2D eigenvalue weighted by molar-refractivity contribution is -0.320. The second-order valence-electron chi connectivity index (χ2n) is 6.58. The zero-order chi connectivity index (χ0) is 12.2. The molecule has 0 spiro atoms. The largest absolute Gasteiger partial charge is 0.480 e. The lowest BCUT2D eigenvalue weighted by Gasteiger charge is -2.71. The third-order valence-corrected chi connectivity index (χ3v) is 3.58. The summed E-state index contributed by atoms with van der Waals surface area (Å²) in [4.78, 5) is 10.7. The average Bonchev–Trinajstić information content (AvgIpc) is 1.94. The molecule has 4 heteroatoms. The Morgan fingerprint density at radius 2 is 1.94 bits per heavy atom. The van der Waals surface area contributed by atoms with Crippen molar-refractivity contribution in [2.24, 2.45) is 11.1 Å². The zero-order valence-corrected chi connectivity index (χ0v) is 10.2. The van der Waals surface area contributed by atoms with Crippen LogP contribution in [0.2, 0.25) is 0 Å². The maximum atomic E-state index is 10.7. The Labute approximate surface area is 96.2 Å². The molecule has 16 heavy (non-hydrogen) atoms. The quantitative estimate of drug-likeness (QED) is 0.764. The molecule has 3 saturated carbocycles. The predicted octanol–water partition coefficient (Wildman–Crippen LogP) is 1.53. The van der Waals surface area contributed by atoms with Gasteiger partial charge in [0.1, 0.15) is 6.04 Å². The van der Waals surface area contributed by atoms with Crippen molar-refractivity contribution >= 4 is 5.97 Å². The molecule has 3 aliphatic rings. The fraction of sp³-hybridized carbons (Fsp3) is 0.917. The number of hydrogen-bond acceptors (Lipinski definition) is 3. The molecular weight excluding hydrogens is 206 g/mol. The van der Waals surface area contributed by atoms with Crippen molar-refractivity contribution in [1.29, 1.82) is 0 Å². The number of carboxylic acids is 1. The van der Waals surface area contributed by atoms with E-state index in [1.807, 2.05) is 0 Å². The first-order valence-electron chi connectivity index (χ1n) is 5.84. The van der Waals surface area contributed by atoms with E-state index in [1.54, 1.807) is 0 Å². The SMILES string of the molecule is CC(C)(C)OC12CC(C[C@H](N)C(=O)O)(C1)C2. The molecule has 3 N–H and O–H groups in total. The van der Waals surface area contributed by atoms with E-state index in [2.05, 4.69) is 20.8 Å². The van der Waals surface area contributed by atoms with Gasteiger partial charge in [-0.2, -0.15) is 0 Å². The van der Waals surface area contributed by atoms with Crippen LogP contribution in [0.25, 0.3) is 0 Å². The minimum atomic E-state index is -0.893. The molecule has 92 valence electrons. The van der Waals surface area contributed by atoms with E-state index in [9.17, 15) is 4.79 Å². The number of carbonyl (C=O) groups is 1. The van der Waals surface area contributed by atoms with Gasteiger partial charge in [-0.25, -0.2) is 0 Å². The Bertz CT molecular complexity index is 299. The van der Waals surface area contributed by atoms with Crippen LogP contribution in [0.4, 0.5) is 0 Å². The summed E-state index contributed by atoms with van der Waals surface area (Å²) < 4.78 is 6.01. The molecule has 0 aromatic rings. The topological polar surface area (TPSA) is 72.5 Å². The van der Waals surface area contributed by atoms with E-state index >= 15 is 0 Å². The Morgan fingerprint density at radius 1 is 1.44 bits per heavy atom. The van der Waals surface area contributed by atoms with Gasteiger partial charge in [-0.15, -0.1) is 0 Å². The Kier molecular flexibility index (Phi) is 2.37. The highest BCUT2D eigenvalue weighted by molar-refractivity contribution is 5.73. The van der Waals surface area contributed by atoms with Crippen molar-refractivity contribution in [3.05, 3.63) is 0 Å². The first-order valence-corrected chi connectivity index (χ1v) is 5.84. The fourth-order valence-electron chi connectivity index (χ4n) is 3.42. The van der Waals surface area contributed by atoms with Gasteiger partial charge >= 0.3 is 5.97 Å². The van der Waals surface area contributed by atoms with Crippen LogP contribution in [0.5, 0.6) is 0 Å². The van der Waals surface area contributed by atoms with Crippen molar-refractivity contribution in [3.8, 4) is 0 Å². The Hall–Kier alpha value is -0.610. The third kappa shape index (κ3) is 1.96. The van der Waals surface area contributed by atoms with Gasteiger partial charge in [0, 0.05) is 0 Å². The normalized spacial score (nSPS) is 38.5. The van der Waals surface area contributed by atoms with E-state index in [1.165, 1.54) is 0 Å². The highest BCUT2D eigenvalue weighted by Crippen LogP contribution is 2.71. The molecule has 0 saturated heterocycles. The Balaban J connectivity index is 1.83. The number of ether oxygens (including phenoxy) is 1. The number of hydrogen-bond donors (Lipinski definition) is 2. The summed E-state index contributed by atoms with van der Waals surface area (Å²) in [7, 11) is 0. The van der Waals surface area contributed by atoms with Crippen molar-refractivity contribution in [3.63, 3.8) is 0 Å². The highest BCUT2D eigenvalue weighted by atomic mass is 16.5. The average molecular weight is 227 g/mol. The van der Waals surface area contributed by atoms with Gasteiger partial charge in [0.25, 0.3) is 0 Å². The number of carboxylic acid groups (broad SMARTS) is 1. The molecule has 3 rings (SSSR count). The van der Waals surface area contributed by atoms with Gasteiger partial charge in [-0.3, -0.25) is 4.79 Å². The third-order valence-electron chi connectivity index (χ3n) is 3.58. The molecule has 1 atom stereocenters.